The fourth-order valence-corrected chi connectivity index (χ4v) is 3.58. The zero-order chi connectivity index (χ0) is 17.6. The van der Waals surface area contributed by atoms with E-state index in [1.807, 2.05) is 4.90 Å². The number of nitrogens with two attached hydrogens (primary N) is 1. The largest absolute Gasteiger partial charge is 0.367 e. The molecule has 0 unspecified atom stereocenters. The molecule has 1 aromatic carbocycles. The number of aryl methyl sites for hydroxylation is 3. The van der Waals surface area contributed by atoms with Crippen molar-refractivity contribution >= 4 is 11.9 Å². The van der Waals surface area contributed by atoms with Crippen LogP contribution in [-0.4, -0.2) is 39.1 Å². The van der Waals surface area contributed by atoms with Crippen molar-refractivity contribution in [2.45, 2.75) is 45.4 Å². The van der Waals surface area contributed by atoms with E-state index in [4.69, 9.17) is 5.73 Å². The lowest BCUT2D eigenvalue weighted by molar-refractivity contribution is -0.133. The second-order valence-electron chi connectivity index (χ2n) is 6.95. The van der Waals surface area contributed by atoms with Gasteiger partial charge in [0.2, 0.25) is 11.9 Å². The van der Waals surface area contributed by atoms with Gasteiger partial charge in [0.05, 0.1) is 0 Å². The van der Waals surface area contributed by atoms with Gasteiger partial charge in [-0.25, -0.2) is 0 Å². The van der Waals surface area contributed by atoms with Crippen LogP contribution in [0.25, 0.3) is 0 Å². The molecular weight excluding hydrogens is 314 g/mol. The molecule has 25 heavy (non-hydrogen) atoms. The van der Waals surface area contributed by atoms with E-state index >= 15 is 0 Å². The molecule has 3 N–H and O–H groups in total. The molecule has 1 aromatic heterocycles. The number of rotatable bonds is 6. The van der Waals surface area contributed by atoms with Gasteiger partial charge in [-0.2, -0.15) is 4.98 Å². The number of nitrogen functional groups attached to an aromatic ring is 1. The number of carbonyl (C=O) groups excluding carboxylic acids is 1. The van der Waals surface area contributed by atoms with E-state index in [1.165, 1.54) is 17.5 Å². The van der Waals surface area contributed by atoms with E-state index in [0.717, 1.165) is 32.4 Å². The number of aromatic nitrogens is 3. The lowest BCUT2D eigenvalue weighted by atomic mass is 9.90. The number of aromatic amines is 1. The summed E-state index contributed by atoms with van der Waals surface area (Å²) in [6.45, 7) is 3.92. The number of nitrogens with one attached hydrogen (secondary N) is 1. The van der Waals surface area contributed by atoms with Crippen molar-refractivity contribution in [1.29, 1.82) is 0 Å². The minimum absolute atomic E-state index is 0.204. The minimum atomic E-state index is 0.204. The van der Waals surface area contributed by atoms with Gasteiger partial charge in [0.15, 0.2) is 0 Å². The average molecular weight is 341 g/mol. The van der Waals surface area contributed by atoms with Crippen LogP contribution in [0.2, 0.25) is 0 Å². The predicted molar refractivity (Wildman–Crippen MR) is 97.9 cm³/mol. The van der Waals surface area contributed by atoms with E-state index in [9.17, 15) is 4.79 Å². The Labute approximate surface area is 148 Å². The number of amides is 1. The Morgan fingerprint density at radius 3 is 2.96 bits per heavy atom. The lowest BCUT2D eigenvalue weighted by Crippen LogP contribution is -2.40. The van der Waals surface area contributed by atoms with E-state index in [2.05, 4.69) is 46.4 Å². The van der Waals surface area contributed by atoms with Gasteiger partial charge >= 0.3 is 0 Å². The second-order valence-corrected chi connectivity index (χ2v) is 6.95. The van der Waals surface area contributed by atoms with Crippen molar-refractivity contribution < 1.29 is 4.79 Å². The molecule has 0 bridgehead atoms. The Morgan fingerprint density at radius 2 is 2.20 bits per heavy atom. The number of carbonyl (C=O) groups is 1. The first kappa shape index (κ1) is 17.5. The first-order valence-corrected chi connectivity index (χ1v) is 9.11. The number of hydrogen-bond donors (Lipinski definition) is 2. The van der Waals surface area contributed by atoms with Crippen molar-refractivity contribution in [1.82, 2.24) is 20.1 Å². The highest BCUT2D eigenvalue weighted by Gasteiger charge is 2.23. The zero-order valence-corrected chi connectivity index (χ0v) is 14.9. The van der Waals surface area contributed by atoms with Crippen molar-refractivity contribution in [3.8, 4) is 0 Å². The Kier molecular flexibility index (Phi) is 5.68. The summed E-state index contributed by atoms with van der Waals surface area (Å²) >= 11 is 0. The van der Waals surface area contributed by atoms with Crippen LogP contribution in [0.1, 0.15) is 42.6 Å². The fraction of sp³-hybridized carbons (Fsp3) is 0.526. The average Bonchev–Trinajstić information content (AvgIpc) is 3.04. The van der Waals surface area contributed by atoms with E-state index in [-0.39, 0.29) is 11.9 Å². The third-order valence-electron chi connectivity index (χ3n) is 5.08. The van der Waals surface area contributed by atoms with Crippen molar-refractivity contribution in [2.75, 3.05) is 18.8 Å². The van der Waals surface area contributed by atoms with Crippen LogP contribution in [0.3, 0.4) is 0 Å². The number of piperidine rings is 1. The number of nitrogens with zero attached hydrogens (tertiary/aromatic N) is 3. The summed E-state index contributed by atoms with van der Waals surface area (Å²) in [5.74, 6) is 1.71. The molecular formula is C19H27N5O. The molecule has 1 aliphatic heterocycles. The van der Waals surface area contributed by atoms with Gasteiger partial charge < -0.3 is 10.6 Å². The highest BCUT2D eigenvalue weighted by atomic mass is 16.2. The third-order valence-corrected chi connectivity index (χ3v) is 5.08. The maximum atomic E-state index is 12.5. The summed E-state index contributed by atoms with van der Waals surface area (Å²) in [7, 11) is 0. The normalized spacial score (nSPS) is 17.6. The van der Waals surface area contributed by atoms with E-state index in [0.29, 0.717) is 24.6 Å². The quantitative estimate of drug-likeness (QED) is 0.845. The monoisotopic (exact) mass is 341 g/mol. The number of H-pyrrole nitrogens is 1. The molecule has 1 fully saturated rings. The summed E-state index contributed by atoms with van der Waals surface area (Å²) in [6.07, 6.45) is 5.57. The minimum Gasteiger partial charge on any atom is -0.367 e. The van der Waals surface area contributed by atoms with Gasteiger partial charge in [0.1, 0.15) is 5.82 Å². The maximum absolute atomic E-state index is 12.5. The van der Waals surface area contributed by atoms with Gasteiger partial charge in [0.25, 0.3) is 0 Å². The summed E-state index contributed by atoms with van der Waals surface area (Å²) < 4.78 is 0. The van der Waals surface area contributed by atoms with Gasteiger partial charge in [0, 0.05) is 25.9 Å². The van der Waals surface area contributed by atoms with E-state index in [1.54, 1.807) is 0 Å². The maximum Gasteiger partial charge on any atom is 0.239 e. The van der Waals surface area contributed by atoms with Gasteiger partial charge in [-0.15, -0.1) is 5.10 Å². The highest BCUT2D eigenvalue weighted by Crippen LogP contribution is 2.23. The first-order chi connectivity index (χ1) is 12.1. The van der Waals surface area contributed by atoms with Crippen molar-refractivity contribution in [3.05, 3.63) is 41.2 Å². The molecule has 0 radical (unpaired) electrons. The van der Waals surface area contributed by atoms with Crippen LogP contribution in [-0.2, 0) is 17.6 Å². The van der Waals surface area contributed by atoms with Crippen LogP contribution in [0.4, 0.5) is 5.95 Å². The molecule has 1 atom stereocenters. The molecule has 3 rings (SSSR count). The summed E-state index contributed by atoms with van der Waals surface area (Å²) in [5.41, 5.74) is 8.27. The zero-order valence-electron chi connectivity index (χ0n) is 14.9. The van der Waals surface area contributed by atoms with Gasteiger partial charge in [-0.1, -0.05) is 24.3 Å². The highest BCUT2D eigenvalue weighted by molar-refractivity contribution is 5.76. The molecule has 1 aliphatic rings. The number of anilines is 1. The molecule has 0 aliphatic carbocycles. The standard InChI is InChI=1S/C19H27N5O/c1-14-5-2-3-7-16(14)9-8-15-6-4-12-24(13-15)18(25)11-10-17-21-19(20)23-22-17/h2-3,5,7,15H,4,6,8-13H2,1H3,(H3,20,21,22,23)/t15-/m1/s1. The van der Waals surface area contributed by atoms with Gasteiger partial charge in [-0.05, 0) is 49.7 Å². The van der Waals surface area contributed by atoms with Crippen LogP contribution < -0.4 is 5.73 Å². The van der Waals surface area contributed by atoms with Gasteiger partial charge in [-0.3, -0.25) is 9.89 Å². The number of hydrogen-bond acceptors (Lipinski definition) is 4. The number of likely N-dealkylation sites (tertiary alicyclic amines) is 1. The van der Waals surface area contributed by atoms with Crippen LogP contribution in [0, 0.1) is 12.8 Å². The van der Waals surface area contributed by atoms with E-state index < -0.39 is 0 Å². The van der Waals surface area contributed by atoms with Crippen LogP contribution >= 0.6 is 0 Å². The Morgan fingerprint density at radius 1 is 1.36 bits per heavy atom. The Hall–Kier alpha value is -2.37. The molecule has 0 saturated carbocycles. The second kappa shape index (κ2) is 8.14. The molecule has 134 valence electrons. The summed E-state index contributed by atoms with van der Waals surface area (Å²) in [4.78, 5) is 18.6. The first-order valence-electron chi connectivity index (χ1n) is 9.11. The lowest BCUT2D eigenvalue weighted by Gasteiger charge is -2.33. The molecule has 2 heterocycles. The molecule has 2 aromatic rings. The molecule has 0 spiro atoms. The molecule has 1 amide bonds. The van der Waals surface area contributed by atoms with Crippen molar-refractivity contribution in [2.24, 2.45) is 5.92 Å². The Balaban J connectivity index is 1.47. The van der Waals surface area contributed by atoms with Crippen molar-refractivity contribution in [3.63, 3.8) is 0 Å². The summed E-state index contributed by atoms with van der Waals surface area (Å²) in [6, 6.07) is 8.57. The number of benzene rings is 1. The smallest absolute Gasteiger partial charge is 0.239 e. The molecule has 6 nitrogen and oxygen atoms in total. The molecule has 6 heteroatoms. The SMILES string of the molecule is Cc1ccccc1CC[C@H]1CCCN(C(=O)CCc2nc(N)n[nH]2)C1. The van der Waals surface area contributed by atoms with Crippen LogP contribution in [0.15, 0.2) is 24.3 Å². The topological polar surface area (TPSA) is 87.9 Å². The Bertz CT molecular complexity index is 711. The summed E-state index contributed by atoms with van der Waals surface area (Å²) in [5, 5.41) is 6.56. The fourth-order valence-electron chi connectivity index (χ4n) is 3.58. The third kappa shape index (κ3) is 4.81. The van der Waals surface area contributed by atoms with Crippen LogP contribution in [0.5, 0.6) is 0 Å². The molecule has 1 saturated heterocycles. The predicted octanol–water partition coefficient (Wildman–Crippen LogP) is 2.50.